The number of aromatic nitrogens is 2. The number of nitrogens with zero attached hydrogens (tertiary/aromatic N) is 2. The number of thioether (sulfide) groups is 2. The molecule has 0 amide bonds. The van der Waals surface area contributed by atoms with Gasteiger partial charge in [0.1, 0.15) is 5.03 Å². The molecule has 0 aliphatic carbocycles. The van der Waals surface area contributed by atoms with Gasteiger partial charge in [0.15, 0.2) is 0 Å². The fraction of sp³-hybridized carbons (Fsp3) is 0.111. The molecule has 24 heavy (non-hydrogen) atoms. The summed E-state index contributed by atoms with van der Waals surface area (Å²) in [7, 11) is 0. The highest BCUT2D eigenvalue weighted by molar-refractivity contribution is 7.99. The zero-order valence-corrected chi connectivity index (χ0v) is 16.2. The van der Waals surface area contributed by atoms with E-state index in [1.807, 2.05) is 42.7 Å². The maximum atomic E-state index is 6.20. The van der Waals surface area contributed by atoms with Crippen LogP contribution in [-0.4, -0.2) is 22.5 Å². The second kappa shape index (κ2) is 7.79. The Morgan fingerprint density at radius 2 is 1.54 bits per heavy atom. The Morgan fingerprint density at radius 1 is 0.833 bits per heavy atom. The third-order valence-corrected chi connectivity index (χ3v) is 5.44. The number of hydrogen-bond acceptors (Lipinski definition) is 4. The molecule has 0 saturated carbocycles. The Hall–Kier alpha value is -1.20. The van der Waals surface area contributed by atoms with Crippen LogP contribution in [0.15, 0.2) is 58.5 Å². The largest absolute Gasteiger partial charge is 0.224 e. The van der Waals surface area contributed by atoms with Crippen LogP contribution in [0.4, 0.5) is 0 Å². The summed E-state index contributed by atoms with van der Waals surface area (Å²) in [5, 5.41) is 1.80. The zero-order chi connectivity index (χ0) is 17.1. The third-order valence-electron chi connectivity index (χ3n) is 3.54. The smallest absolute Gasteiger partial charge is 0.217 e. The summed E-state index contributed by atoms with van der Waals surface area (Å²) in [6, 6.07) is 15.9. The molecule has 0 radical (unpaired) electrons. The van der Waals surface area contributed by atoms with E-state index in [0.717, 1.165) is 32.3 Å². The maximum Gasteiger partial charge on any atom is 0.224 e. The minimum absolute atomic E-state index is 0.253. The molecule has 0 atom stereocenters. The number of halogens is 2. The van der Waals surface area contributed by atoms with Gasteiger partial charge in [0.25, 0.3) is 0 Å². The molecule has 3 rings (SSSR count). The van der Waals surface area contributed by atoms with Crippen LogP contribution in [0.2, 0.25) is 10.3 Å². The first-order valence-electron chi connectivity index (χ1n) is 7.15. The van der Waals surface area contributed by atoms with Crippen molar-refractivity contribution >= 4 is 46.7 Å². The van der Waals surface area contributed by atoms with Gasteiger partial charge in [-0.2, -0.15) is 0 Å². The summed E-state index contributed by atoms with van der Waals surface area (Å²) >= 11 is 15.5. The molecule has 122 valence electrons. The first-order chi connectivity index (χ1) is 11.6. The quantitative estimate of drug-likeness (QED) is 0.285. The van der Waals surface area contributed by atoms with E-state index in [1.165, 1.54) is 0 Å². The zero-order valence-electron chi connectivity index (χ0n) is 13.1. The molecule has 1 heterocycles. The molecule has 0 unspecified atom stereocenters. The van der Waals surface area contributed by atoms with Gasteiger partial charge in [-0.25, -0.2) is 9.97 Å². The SMILES string of the molecule is CSc1ccccc1-c1nc(Cl)nc(SC)c1-c1ccc(Cl)cc1. The van der Waals surface area contributed by atoms with Crippen LogP contribution in [-0.2, 0) is 0 Å². The number of hydrogen-bond donors (Lipinski definition) is 0. The van der Waals surface area contributed by atoms with E-state index in [2.05, 4.69) is 28.4 Å². The van der Waals surface area contributed by atoms with Crippen LogP contribution in [0.3, 0.4) is 0 Å². The Bertz CT molecular complexity index is 867. The minimum Gasteiger partial charge on any atom is -0.217 e. The van der Waals surface area contributed by atoms with Gasteiger partial charge < -0.3 is 0 Å². The molecular weight excluding hydrogens is 379 g/mol. The van der Waals surface area contributed by atoms with E-state index < -0.39 is 0 Å². The highest BCUT2D eigenvalue weighted by Crippen LogP contribution is 2.40. The van der Waals surface area contributed by atoms with Crippen LogP contribution >= 0.6 is 46.7 Å². The van der Waals surface area contributed by atoms with Crippen molar-refractivity contribution in [3.05, 3.63) is 58.8 Å². The van der Waals surface area contributed by atoms with Crippen molar-refractivity contribution in [1.82, 2.24) is 9.97 Å². The highest BCUT2D eigenvalue weighted by atomic mass is 35.5. The average molecular weight is 393 g/mol. The van der Waals surface area contributed by atoms with Gasteiger partial charge in [-0.15, -0.1) is 23.5 Å². The molecule has 0 bridgehead atoms. The molecule has 0 spiro atoms. The summed E-state index contributed by atoms with van der Waals surface area (Å²) in [5.41, 5.74) is 3.89. The monoisotopic (exact) mass is 392 g/mol. The van der Waals surface area contributed by atoms with E-state index in [4.69, 9.17) is 23.2 Å². The minimum atomic E-state index is 0.253. The Labute approximate surface area is 160 Å². The van der Waals surface area contributed by atoms with Crippen molar-refractivity contribution in [2.24, 2.45) is 0 Å². The fourth-order valence-corrected chi connectivity index (χ4v) is 4.01. The lowest BCUT2D eigenvalue weighted by atomic mass is 10.0. The lowest BCUT2D eigenvalue weighted by molar-refractivity contribution is 1.06. The summed E-state index contributed by atoms with van der Waals surface area (Å²) in [6.45, 7) is 0. The molecule has 0 saturated heterocycles. The van der Waals surface area contributed by atoms with E-state index in [9.17, 15) is 0 Å². The van der Waals surface area contributed by atoms with Crippen molar-refractivity contribution in [3.63, 3.8) is 0 Å². The van der Waals surface area contributed by atoms with Crippen molar-refractivity contribution in [1.29, 1.82) is 0 Å². The van der Waals surface area contributed by atoms with Crippen molar-refractivity contribution in [3.8, 4) is 22.4 Å². The normalized spacial score (nSPS) is 10.8. The predicted molar refractivity (Wildman–Crippen MR) is 106 cm³/mol. The average Bonchev–Trinajstić information content (AvgIpc) is 2.61. The highest BCUT2D eigenvalue weighted by Gasteiger charge is 2.18. The van der Waals surface area contributed by atoms with Crippen LogP contribution in [0.1, 0.15) is 0 Å². The molecular formula is C18H14Cl2N2S2. The second-order valence-corrected chi connectivity index (χ2v) is 7.35. The summed E-state index contributed by atoms with van der Waals surface area (Å²) in [5.74, 6) is 0. The predicted octanol–water partition coefficient (Wildman–Crippen LogP) is 6.56. The Kier molecular flexibility index (Phi) is 5.72. The summed E-state index contributed by atoms with van der Waals surface area (Å²) in [6.07, 6.45) is 4.04. The van der Waals surface area contributed by atoms with Gasteiger partial charge in [-0.1, -0.05) is 41.9 Å². The molecule has 6 heteroatoms. The van der Waals surface area contributed by atoms with Crippen LogP contribution < -0.4 is 0 Å². The molecule has 1 aromatic heterocycles. The molecule has 2 aromatic carbocycles. The van der Waals surface area contributed by atoms with E-state index in [0.29, 0.717) is 5.02 Å². The molecule has 0 aliphatic heterocycles. The van der Waals surface area contributed by atoms with Crippen molar-refractivity contribution < 1.29 is 0 Å². The summed E-state index contributed by atoms with van der Waals surface area (Å²) < 4.78 is 0. The third kappa shape index (κ3) is 3.57. The van der Waals surface area contributed by atoms with Crippen molar-refractivity contribution in [2.75, 3.05) is 12.5 Å². The number of benzene rings is 2. The van der Waals surface area contributed by atoms with E-state index in [1.54, 1.807) is 23.5 Å². The maximum absolute atomic E-state index is 6.20. The fourth-order valence-electron chi connectivity index (χ4n) is 2.47. The lowest BCUT2D eigenvalue weighted by Crippen LogP contribution is -1.97. The van der Waals surface area contributed by atoms with E-state index in [-0.39, 0.29) is 5.28 Å². The number of rotatable bonds is 4. The Balaban J connectivity index is 2.32. The van der Waals surface area contributed by atoms with Gasteiger partial charge in [0.2, 0.25) is 5.28 Å². The van der Waals surface area contributed by atoms with Crippen LogP contribution in [0, 0.1) is 0 Å². The standard InChI is InChI=1S/C18H14Cl2N2S2/c1-23-14-6-4-3-5-13(14)16-15(11-7-9-12(19)10-8-11)17(24-2)22-18(20)21-16/h3-10H,1-2H3. The molecule has 0 aliphatic rings. The topological polar surface area (TPSA) is 25.8 Å². The van der Waals surface area contributed by atoms with Gasteiger partial charge in [0, 0.05) is 21.0 Å². The van der Waals surface area contributed by atoms with E-state index >= 15 is 0 Å². The summed E-state index contributed by atoms with van der Waals surface area (Å²) in [4.78, 5) is 10.1. The van der Waals surface area contributed by atoms with Gasteiger partial charge in [-0.3, -0.25) is 0 Å². The molecule has 3 aromatic rings. The van der Waals surface area contributed by atoms with Crippen LogP contribution in [0.25, 0.3) is 22.4 Å². The molecule has 2 nitrogen and oxygen atoms in total. The lowest BCUT2D eigenvalue weighted by Gasteiger charge is -2.15. The first kappa shape index (κ1) is 17.6. The molecule has 0 N–H and O–H groups in total. The van der Waals surface area contributed by atoms with Crippen LogP contribution in [0.5, 0.6) is 0 Å². The second-order valence-electron chi connectivity index (χ2n) is 4.93. The van der Waals surface area contributed by atoms with Crippen molar-refractivity contribution in [2.45, 2.75) is 9.92 Å². The Morgan fingerprint density at radius 3 is 2.21 bits per heavy atom. The van der Waals surface area contributed by atoms with Gasteiger partial charge >= 0.3 is 0 Å². The first-order valence-corrected chi connectivity index (χ1v) is 10.4. The van der Waals surface area contributed by atoms with Gasteiger partial charge in [-0.05, 0) is 47.9 Å². The van der Waals surface area contributed by atoms with Gasteiger partial charge in [0.05, 0.1) is 5.69 Å². The molecule has 0 fully saturated rings.